The number of fused-ring (bicyclic) bond motifs is 1. The lowest BCUT2D eigenvalue weighted by Crippen LogP contribution is -2.14. The monoisotopic (exact) mass is 353 g/mol. The average Bonchev–Trinajstić information content (AvgIpc) is 2.67. The standard InChI is InChI=1S/C19H19N3O4/c1-24-11-4-6-13-16(8-11)21-10-14(19(20)23)18(13)22-15-7-5-12(25-2)9-17(15)26-3/h4-10H,1-3H3,(H2,20,23)(H,21,22). The zero-order chi connectivity index (χ0) is 18.7. The zero-order valence-electron chi connectivity index (χ0n) is 14.7. The molecule has 134 valence electrons. The van der Waals surface area contributed by atoms with Crippen LogP contribution in [0.25, 0.3) is 10.9 Å². The van der Waals surface area contributed by atoms with E-state index < -0.39 is 5.91 Å². The molecule has 1 amide bonds. The molecule has 3 aromatic rings. The molecule has 0 aliphatic heterocycles. The Morgan fingerprint density at radius 3 is 2.35 bits per heavy atom. The lowest BCUT2D eigenvalue weighted by atomic mass is 10.1. The first-order valence-electron chi connectivity index (χ1n) is 7.83. The van der Waals surface area contributed by atoms with Crippen molar-refractivity contribution in [3.63, 3.8) is 0 Å². The first-order chi connectivity index (χ1) is 12.6. The molecule has 3 rings (SSSR count). The highest BCUT2D eigenvalue weighted by molar-refractivity contribution is 6.07. The van der Waals surface area contributed by atoms with Gasteiger partial charge in [0.15, 0.2) is 0 Å². The Kier molecular flexibility index (Phi) is 4.79. The van der Waals surface area contributed by atoms with Gasteiger partial charge in [-0.15, -0.1) is 0 Å². The summed E-state index contributed by atoms with van der Waals surface area (Å²) in [5.74, 6) is 1.32. The predicted molar refractivity (Wildman–Crippen MR) is 99.6 cm³/mol. The van der Waals surface area contributed by atoms with E-state index in [0.717, 1.165) is 5.39 Å². The highest BCUT2D eigenvalue weighted by atomic mass is 16.5. The largest absolute Gasteiger partial charge is 0.497 e. The van der Waals surface area contributed by atoms with E-state index in [0.29, 0.717) is 34.1 Å². The molecule has 1 aromatic heterocycles. The molecule has 2 aromatic carbocycles. The number of rotatable bonds is 6. The zero-order valence-corrected chi connectivity index (χ0v) is 14.7. The van der Waals surface area contributed by atoms with E-state index in [1.165, 1.54) is 6.20 Å². The number of nitrogens with zero attached hydrogens (tertiary/aromatic N) is 1. The molecule has 0 saturated heterocycles. The van der Waals surface area contributed by atoms with Crippen LogP contribution in [0.1, 0.15) is 10.4 Å². The molecule has 0 aliphatic rings. The summed E-state index contributed by atoms with van der Waals surface area (Å²) in [4.78, 5) is 16.2. The third kappa shape index (κ3) is 3.19. The number of benzene rings is 2. The van der Waals surface area contributed by atoms with E-state index in [1.54, 1.807) is 51.7 Å². The van der Waals surface area contributed by atoms with Gasteiger partial charge in [0, 0.05) is 23.7 Å². The Hall–Kier alpha value is -3.48. The Bertz CT molecular complexity index is 972. The summed E-state index contributed by atoms with van der Waals surface area (Å²) >= 11 is 0. The van der Waals surface area contributed by atoms with Crippen molar-refractivity contribution < 1.29 is 19.0 Å². The maximum Gasteiger partial charge on any atom is 0.252 e. The minimum absolute atomic E-state index is 0.278. The van der Waals surface area contributed by atoms with E-state index >= 15 is 0 Å². The fourth-order valence-electron chi connectivity index (χ4n) is 2.66. The topological polar surface area (TPSA) is 95.7 Å². The van der Waals surface area contributed by atoms with Gasteiger partial charge in [0.2, 0.25) is 0 Å². The van der Waals surface area contributed by atoms with E-state index in [4.69, 9.17) is 19.9 Å². The fraction of sp³-hybridized carbons (Fsp3) is 0.158. The lowest BCUT2D eigenvalue weighted by molar-refractivity contribution is 0.100. The maximum absolute atomic E-state index is 11.9. The third-order valence-corrected chi connectivity index (χ3v) is 4.01. The van der Waals surface area contributed by atoms with Crippen LogP contribution in [0.2, 0.25) is 0 Å². The first-order valence-corrected chi connectivity index (χ1v) is 7.83. The Morgan fingerprint density at radius 2 is 1.69 bits per heavy atom. The van der Waals surface area contributed by atoms with Gasteiger partial charge in [-0.25, -0.2) is 0 Å². The molecular formula is C19H19N3O4. The molecule has 3 N–H and O–H groups in total. The van der Waals surface area contributed by atoms with Gasteiger partial charge in [-0.3, -0.25) is 9.78 Å². The van der Waals surface area contributed by atoms with Crippen LogP contribution in [0.15, 0.2) is 42.6 Å². The van der Waals surface area contributed by atoms with E-state index in [2.05, 4.69) is 10.3 Å². The van der Waals surface area contributed by atoms with Crippen molar-refractivity contribution in [1.29, 1.82) is 0 Å². The van der Waals surface area contributed by atoms with Crippen LogP contribution >= 0.6 is 0 Å². The molecule has 26 heavy (non-hydrogen) atoms. The molecule has 0 spiro atoms. The summed E-state index contributed by atoms with van der Waals surface area (Å²) < 4.78 is 15.9. The van der Waals surface area contributed by atoms with Gasteiger partial charge in [-0.05, 0) is 24.3 Å². The number of nitrogens with two attached hydrogens (primary N) is 1. The second-order valence-electron chi connectivity index (χ2n) is 5.49. The molecule has 0 fully saturated rings. The quantitative estimate of drug-likeness (QED) is 0.707. The average molecular weight is 353 g/mol. The number of pyridine rings is 1. The molecule has 0 radical (unpaired) electrons. The number of carbonyl (C=O) groups excluding carboxylic acids is 1. The van der Waals surface area contributed by atoms with Crippen molar-refractivity contribution in [1.82, 2.24) is 4.98 Å². The number of anilines is 2. The van der Waals surface area contributed by atoms with E-state index in [1.807, 2.05) is 6.07 Å². The van der Waals surface area contributed by atoms with Gasteiger partial charge in [0.05, 0.1) is 43.8 Å². The number of hydrogen-bond donors (Lipinski definition) is 2. The Labute approximate surface area is 150 Å². The van der Waals surface area contributed by atoms with Crippen LogP contribution in [-0.2, 0) is 0 Å². The minimum atomic E-state index is -0.579. The summed E-state index contributed by atoms with van der Waals surface area (Å²) in [5.41, 5.74) is 7.70. The molecule has 1 heterocycles. The Balaban J connectivity index is 2.16. The van der Waals surface area contributed by atoms with Crippen molar-refractivity contribution in [2.45, 2.75) is 0 Å². The van der Waals surface area contributed by atoms with Crippen LogP contribution in [0.4, 0.5) is 11.4 Å². The second kappa shape index (κ2) is 7.18. The minimum Gasteiger partial charge on any atom is -0.497 e. The molecule has 7 nitrogen and oxygen atoms in total. The number of ether oxygens (including phenoxy) is 3. The highest BCUT2D eigenvalue weighted by Crippen LogP contribution is 2.36. The number of nitrogens with one attached hydrogen (secondary N) is 1. The summed E-state index contributed by atoms with van der Waals surface area (Å²) in [7, 11) is 4.72. The van der Waals surface area contributed by atoms with Crippen molar-refractivity contribution in [2.24, 2.45) is 5.73 Å². The van der Waals surface area contributed by atoms with Gasteiger partial charge in [0.25, 0.3) is 5.91 Å². The molecule has 7 heteroatoms. The molecule has 0 saturated carbocycles. The molecule has 0 unspecified atom stereocenters. The smallest absolute Gasteiger partial charge is 0.252 e. The molecule has 0 bridgehead atoms. The summed E-state index contributed by atoms with van der Waals surface area (Å²) in [5, 5.41) is 3.98. The maximum atomic E-state index is 11.9. The molecule has 0 aliphatic carbocycles. The lowest BCUT2D eigenvalue weighted by Gasteiger charge is -2.16. The highest BCUT2D eigenvalue weighted by Gasteiger charge is 2.16. The number of primary amides is 1. The number of carbonyl (C=O) groups is 1. The molecule has 0 atom stereocenters. The van der Waals surface area contributed by atoms with Crippen LogP contribution in [0.5, 0.6) is 17.2 Å². The first kappa shape index (κ1) is 17.3. The number of hydrogen-bond acceptors (Lipinski definition) is 6. The number of amides is 1. The summed E-state index contributed by atoms with van der Waals surface area (Å²) in [6, 6.07) is 10.8. The van der Waals surface area contributed by atoms with Gasteiger partial charge in [0.1, 0.15) is 17.2 Å². The van der Waals surface area contributed by atoms with Crippen molar-refractivity contribution in [3.8, 4) is 17.2 Å². The van der Waals surface area contributed by atoms with Gasteiger partial charge >= 0.3 is 0 Å². The van der Waals surface area contributed by atoms with Gasteiger partial charge in [-0.2, -0.15) is 0 Å². The predicted octanol–water partition coefficient (Wildman–Crippen LogP) is 3.10. The van der Waals surface area contributed by atoms with Crippen LogP contribution in [-0.4, -0.2) is 32.2 Å². The number of methoxy groups -OCH3 is 3. The normalized spacial score (nSPS) is 10.4. The third-order valence-electron chi connectivity index (χ3n) is 4.01. The van der Waals surface area contributed by atoms with Crippen molar-refractivity contribution in [2.75, 3.05) is 26.6 Å². The summed E-state index contributed by atoms with van der Waals surface area (Å²) in [6.07, 6.45) is 1.45. The van der Waals surface area contributed by atoms with Crippen molar-refractivity contribution in [3.05, 3.63) is 48.2 Å². The van der Waals surface area contributed by atoms with Gasteiger partial charge < -0.3 is 25.3 Å². The van der Waals surface area contributed by atoms with Crippen molar-refractivity contribution >= 4 is 28.2 Å². The Morgan fingerprint density at radius 1 is 1.00 bits per heavy atom. The number of aromatic nitrogens is 1. The fourth-order valence-corrected chi connectivity index (χ4v) is 2.66. The van der Waals surface area contributed by atoms with Crippen LogP contribution in [0.3, 0.4) is 0 Å². The molecular weight excluding hydrogens is 334 g/mol. The SMILES string of the molecule is COc1ccc(Nc2c(C(N)=O)cnc3cc(OC)ccc23)c(OC)c1. The second-order valence-corrected chi connectivity index (χ2v) is 5.49. The van der Waals surface area contributed by atoms with Gasteiger partial charge in [-0.1, -0.05) is 0 Å². The van der Waals surface area contributed by atoms with Crippen LogP contribution < -0.4 is 25.3 Å². The van der Waals surface area contributed by atoms with E-state index in [-0.39, 0.29) is 5.56 Å². The van der Waals surface area contributed by atoms with Crippen LogP contribution in [0, 0.1) is 0 Å². The van der Waals surface area contributed by atoms with E-state index in [9.17, 15) is 4.79 Å². The summed E-state index contributed by atoms with van der Waals surface area (Å²) in [6.45, 7) is 0.